The molecule has 0 spiro atoms. The highest BCUT2D eigenvalue weighted by molar-refractivity contribution is 5.91. The Hall–Kier alpha value is -1.45. The molecule has 0 atom stereocenters. The molecule has 1 aliphatic rings. The zero-order chi connectivity index (χ0) is 11.2. The number of rotatable bonds is 1. The third-order valence-corrected chi connectivity index (χ3v) is 2.54. The number of nitrogens with two attached hydrogens (primary N) is 1. The van der Waals surface area contributed by atoms with E-state index in [4.69, 9.17) is 5.73 Å². The zero-order valence-electron chi connectivity index (χ0n) is 8.64. The van der Waals surface area contributed by atoms with Gasteiger partial charge in [0.05, 0.1) is 0 Å². The summed E-state index contributed by atoms with van der Waals surface area (Å²) in [5.41, 5.74) is 6.86. The van der Waals surface area contributed by atoms with Crippen LogP contribution in [0.2, 0.25) is 0 Å². The Labute approximate surface area is 86.8 Å². The van der Waals surface area contributed by atoms with E-state index in [9.17, 15) is 8.78 Å². The van der Waals surface area contributed by atoms with Crippen LogP contribution in [-0.4, -0.2) is 5.84 Å². The summed E-state index contributed by atoms with van der Waals surface area (Å²) >= 11 is 0. The molecule has 2 nitrogen and oxygen atoms in total. The fourth-order valence-electron chi connectivity index (χ4n) is 1.96. The molecule has 80 valence electrons. The van der Waals surface area contributed by atoms with E-state index < -0.39 is 11.6 Å². The van der Waals surface area contributed by atoms with E-state index in [1.165, 1.54) is 0 Å². The summed E-state index contributed by atoms with van der Waals surface area (Å²) in [5, 5.41) is 0. The first-order chi connectivity index (χ1) is 7.00. The molecule has 0 aliphatic carbocycles. The summed E-state index contributed by atoms with van der Waals surface area (Å²) in [6, 6.07) is 0.885. The second-order valence-corrected chi connectivity index (χ2v) is 4.02. The lowest BCUT2D eigenvalue weighted by Crippen LogP contribution is -2.11. The summed E-state index contributed by atoms with van der Waals surface area (Å²) in [6.45, 7) is 3.73. The molecule has 0 saturated carbocycles. The molecule has 0 fully saturated rings. The van der Waals surface area contributed by atoms with Gasteiger partial charge in [0, 0.05) is 12.5 Å². The first-order valence-corrected chi connectivity index (χ1v) is 4.84. The molecule has 2 rings (SSSR count). The summed E-state index contributed by atoms with van der Waals surface area (Å²) in [5.74, 6) is -0.796. The standard InChI is InChI=1S/C11H12F2N2/c1-5(2)10-6-3-9(14)15-11(6)8(13)4-7(10)12/h4-5H,3H2,1-2H3,(H2,14,15). The topological polar surface area (TPSA) is 38.4 Å². The SMILES string of the molecule is CC(C)c1c(F)cc(F)c2c1CC(N)=N2. The number of nitrogens with zero attached hydrogens (tertiary/aromatic N) is 1. The first kappa shape index (κ1) is 10.1. The van der Waals surface area contributed by atoms with Crippen LogP contribution in [0.3, 0.4) is 0 Å². The van der Waals surface area contributed by atoms with Crippen molar-refractivity contribution in [1.82, 2.24) is 0 Å². The largest absolute Gasteiger partial charge is 0.387 e. The van der Waals surface area contributed by atoms with Crippen LogP contribution >= 0.6 is 0 Å². The van der Waals surface area contributed by atoms with Crippen molar-refractivity contribution in [2.24, 2.45) is 10.7 Å². The maximum absolute atomic E-state index is 13.6. The van der Waals surface area contributed by atoms with Crippen LogP contribution in [0.25, 0.3) is 0 Å². The van der Waals surface area contributed by atoms with Crippen molar-refractivity contribution in [3.63, 3.8) is 0 Å². The average molecular weight is 210 g/mol. The lowest BCUT2D eigenvalue weighted by molar-refractivity contribution is 0.564. The van der Waals surface area contributed by atoms with E-state index in [-0.39, 0.29) is 11.6 Å². The lowest BCUT2D eigenvalue weighted by atomic mass is 9.94. The predicted octanol–water partition coefficient (Wildman–Crippen LogP) is 2.63. The number of aliphatic imine (C=N–C) groups is 1. The van der Waals surface area contributed by atoms with Crippen molar-refractivity contribution in [1.29, 1.82) is 0 Å². The highest BCUT2D eigenvalue weighted by Gasteiger charge is 2.24. The molecule has 0 unspecified atom stereocenters. The van der Waals surface area contributed by atoms with Crippen LogP contribution in [0, 0.1) is 11.6 Å². The second-order valence-electron chi connectivity index (χ2n) is 4.02. The number of fused-ring (bicyclic) bond motifs is 1. The summed E-state index contributed by atoms with van der Waals surface area (Å²) in [6.07, 6.45) is 0.345. The van der Waals surface area contributed by atoms with E-state index >= 15 is 0 Å². The van der Waals surface area contributed by atoms with E-state index in [1.807, 2.05) is 13.8 Å². The molecule has 15 heavy (non-hydrogen) atoms. The fraction of sp³-hybridized carbons (Fsp3) is 0.364. The molecule has 1 heterocycles. The fourth-order valence-corrected chi connectivity index (χ4v) is 1.96. The van der Waals surface area contributed by atoms with Crippen LogP contribution in [-0.2, 0) is 6.42 Å². The van der Waals surface area contributed by atoms with E-state index in [2.05, 4.69) is 4.99 Å². The summed E-state index contributed by atoms with van der Waals surface area (Å²) in [7, 11) is 0. The second kappa shape index (κ2) is 3.29. The van der Waals surface area contributed by atoms with Crippen molar-refractivity contribution < 1.29 is 8.78 Å². The van der Waals surface area contributed by atoms with Crippen molar-refractivity contribution in [2.45, 2.75) is 26.2 Å². The Morgan fingerprint density at radius 1 is 1.33 bits per heavy atom. The Morgan fingerprint density at radius 3 is 2.60 bits per heavy atom. The van der Waals surface area contributed by atoms with Gasteiger partial charge in [0.1, 0.15) is 17.3 Å². The zero-order valence-corrected chi connectivity index (χ0v) is 8.64. The molecule has 0 bridgehead atoms. The van der Waals surface area contributed by atoms with Gasteiger partial charge in [-0.3, -0.25) is 0 Å². The third-order valence-electron chi connectivity index (χ3n) is 2.54. The predicted molar refractivity (Wildman–Crippen MR) is 55.4 cm³/mol. The van der Waals surface area contributed by atoms with Crippen LogP contribution in [0.5, 0.6) is 0 Å². The molecular formula is C11H12F2N2. The van der Waals surface area contributed by atoms with Crippen molar-refractivity contribution in [3.05, 3.63) is 28.8 Å². The molecule has 1 aromatic rings. The highest BCUT2D eigenvalue weighted by Crippen LogP contribution is 2.36. The minimum absolute atomic E-state index is 0.000417. The van der Waals surface area contributed by atoms with Gasteiger partial charge in [-0.25, -0.2) is 13.8 Å². The van der Waals surface area contributed by atoms with Gasteiger partial charge in [-0.05, 0) is 17.0 Å². The summed E-state index contributed by atoms with van der Waals surface area (Å²) in [4.78, 5) is 3.89. The maximum atomic E-state index is 13.6. The van der Waals surface area contributed by atoms with Gasteiger partial charge in [0.25, 0.3) is 0 Å². The molecule has 1 aliphatic heterocycles. The van der Waals surface area contributed by atoms with Gasteiger partial charge < -0.3 is 5.73 Å². The number of hydrogen-bond donors (Lipinski definition) is 1. The Morgan fingerprint density at radius 2 is 2.00 bits per heavy atom. The molecule has 4 heteroatoms. The van der Waals surface area contributed by atoms with E-state index in [0.29, 0.717) is 23.4 Å². The molecule has 0 aromatic heterocycles. The van der Waals surface area contributed by atoms with E-state index in [0.717, 1.165) is 6.07 Å². The van der Waals surface area contributed by atoms with Crippen LogP contribution in [0.4, 0.5) is 14.5 Å². The molecule has 0 amide bonds. The minimum Gasteiger partial charge on any atom is -0.387 e. The number of hydrogen-bond acceptors (Lipinski definition) is 2. The Balaban J connectivity index is 2.68. The molecule has 0 radical (unpaired) electrons. The minimum atomic E-state index is -0.632. The van der Waals surface area contributed by atoms with Gasteiger partial charge in [0.2, 0.25) is 0 Å². The smallest absolute Gasteiger partial charge is 0.152 e. The average Bonchev–Trinajstić information content (AvgIpc) is 2.45. The van der Waals surface area contributed by atoms with E-state index in [1.54, 1.807) is 0 Å². The molecule has 1 aromatic carbocycles. The number of amidine groups is 1. The van der Waals surface area contributed by atoms with Gasteiger partial charge >= 0.3 is 0 Å². The highest BCUT2D eigenvalue weighted by atomic mass is 19.1. The Bertz CT molecular complexity index is 450. The van der Waals surface area contributed by atoms with Crippen LogP contribution < -0.4 is 5.73 Å². The van der Waals surface area contributed by atoms with Crippen LogP contribution in [0.15, 0.2) is 11.1 Å². The van der Waals surface area contributed by atoms with Gasteiger partial charge in [-0.1, -0.05) is 13.8 Å². The van der Waals surface area contributed by atoms with Crippen molar-refractivity contribution >= 4 is 11.5 Å². The van der Waals surface area contributed by atoms with Gasteiger partial charge in [-0.15, -0.1) is 0 Å². The quantitative estimate of drug-likeness (QED) is 0.760. The normalized spacial score (nSPS) is 14.3. The van der Waals surface area contributed by atoms with Crippen molar-refractivity contribution in [3.8, 4) is 0 Å². The number of halogens is 2. The molecule has 2 N–H and O–H groups in total. The van der Waals surface area contributed by atoms with Gasteiger partial charge in [0.15, 0.2) is 5.82 Å². The summed E-state index contributed by atoms with van der Waals surface area (Å²) < 4.78 is 26.9. The third kappa shape index (κ3) is 1.50. The number of benzene rings is 1. The van der Waals surface area contributed by atoms with Crippen LogP contribution in [0.1, 0.15) is 30.9 Å². The first-order valence-electron chi connectivity index (χ1n) is 4.84. The maximum Gasteiger partial charge on any atom is 0.152 e. The Kier molecular flexibility index (Phi) is 2.21. The van der Waals surface area contributed by atoms with Gasteiger partial charge in [-0.2, -0.15) is 0 Å². The monoisotopic (exact) mass is 210 g/mol. The lowest BCUT2D eigenvalue weighted by Gasteiger charge is -2.12. The van der Waals surface area contributed by atoms with Crippen molar-refractivity contribution in [2.75, 3.05) is 0 Å². The molecule has 0 saturated heterocycles. The molecular weight excluding hydrogens is 198 g/mol.